The topological polar surface area (TPSA) is 41.5 Å². The van der Waals surface area contributed by atoms with Gasteiger partial charge in [0.2, 0.25) is 0 Å². The Hall–Kier alpha value is -3.07. The fraction of sp³-hybridized carbons (Fsp3) is 0. The summed E-state index contributed by atoms with van der Waals surface area (Å²) in [5.41, 5.74) is 0. The van der Waals surface area contributed by atoms with Gasteiger partial charge in [-0.25, -0.2) is 0 Å². The third-order valence-corrected chi connectivity index (χ3v) is 4.89. The average molecular weight is 398 g/mol. The average Bonchev–Trinajstić information content (AvgIpc) is 2.73. The van der Waals surface area contributed by atoms with E-state index in [0.29, 0.717) is 11.5 Å². The second-order valence-electron chi connectivity index (χ2n) is 6.68. The van der Waals surface area contributed by atoms with Gasteiger partial charge in [0, 0.05) is 5.39 Å². The maximum atomic E-state index is 12.4. The highest BCUT2D eigenvalue weighted by Gasteiger charge is 2.12. The molecule has 5 rings (SSSR count). The van der Waals surface area contributed by atoms with Crippen LogP contribution in [0.2, 0.25) is 0 Å². The molecular formula is C24H20BO3P. The first-order chi connectivity index (χ1) is 13.8. The highest BCUT2D eigenvalue weighted by atomic mass is 31.0. The fourth-order valence-corrected chi connectivity index (χ4v) is 3.60. The zero-order chi connectivity index (χ0) is 18.9. The zero-order valence-electron chi connectivity index (χ0n) is 16.0. The molecule has 0 N–H and O–H groups in total. The van der Waals surface area contributed by atoms with Crippen LogP contribution in [-0.4, -0.2) is 7.32 Å². The number of fused-ring (bicyclic) bond motifs is 4. The van der Waals surface area contributed by atoms with Crippen LogP contribution < -0.4 is 14.3 Å². The van der Waals surface area contributed by atoms with Gasteiger partial charge in [0.25, 0.3) is 0 Å². The minimum absolute atomic E-state index is 0. The Labute approximate surface area is 172 Å². The van der Waals surface area contributed by atoms with Gasteiger partial charge < -0.3 is 14.3 Å². The standard InChI is InChI=1S/C24H16BO3.H3P/c26-25(27-21-10-2-1-3-11-21)28-23-12-6-9-17-13-14-20-15-18-7-4-5-8-19(18)16-22(20)24(17)23;/h1-16H;1H3/q-1;/p+1. The molecule has 0 radical (unpaired) electrons. The van der Waals surface area contributed by atoms with Gasteiger partial charge in [0.15, 0.2) is 0 Å². The summed E-state index contributed by atoms with van der Waals surface area (Å²) in [6.07, 6.45) is 0. The first-order valence-corrected chi connectivity index (χ1v) is 9.16. The fourth-order valence-electron chi connectivity index (χ4n) is 3.60. The van der Waals surface area contributed by atoms with Gasteiger partial charge in [-0.15, -0.1) is 0 Å². The molecule has 0 aromatic heterocycles. The van der Waals surface area contributed by atoms with Gasteiger partial charge in [-0.1, -0.05) is 66.7 Å². The molecule has 0 heterocycles. The summed E-state index contributed by atoms with van der Waals surface area (Å²) in [7, 11) is -1.65. The largest absolute Gasteiger partial charge is 0.808 e. The quantitative estimate of drug-likeness (QED) is 0.190. The van der Waals surface area contributed by atoms with Crippen molar-refractivity contribution in [3.8, 4) is 11.5 Å². The molecule has 5 aromatic rings. The highest BCUT2D eigenvalue weighted by molar-refractivity contribution is 6.92. The van der Waals surface area contributed by atoms with Crippen LogP contribution in [0.25, 0.3) is 32.3 Å². The van der Waals surface area contributed by atoms with Crippen molar-refractivity contribution in [3.63, 3.8) is 0 Å². The lowest BCUT2D eigenvalue weighted by atomic mass is 9.97. The second kappa shape index (κ2) is 8.12. The van der Waals surface area contributed by atoms with Gasteiger partial charge >= 0.3 is 7.32 Å². The molecule has 0 spiro atoms. The summed E-state index contributed by atoms with van der Waals surface area (Å²) < 4.78 is 11.0. The normalized spacial score (nSPS) is 10.7. The summed E-state index contributed by atoms with van der Waals surface area (Å²) in [6.45, 7) is 0. The molecule has 0 saturated carbocycles. The monoisotopic (exact) mass is 398 g/mol. The van der Waals surface area contributed by atoms with E-state index in [-0.39, 0.29) is 9.90 Å². The first-order valence-electron chi connectivity index (χ1n) is 9.16. The Kier molecular flexibility index (Phi) is 5.39. The molecule has 0 aliphatic heterocycles. The van der Waals surface area contributed by atoms with Crippen molar-refractivity contribution >= 4 is 49.5 Å². The smallest absolute Gasteiger partial charge is 0.492 e. The molecule has 1 unspecified atom stereocenters. The van der Waals surface area contributed by atoms with Gasteiger partial charge in [-0.2, -0.15) is 0 Å². The molecule has 3 nitrogen and oxygen atoms in total. The lowest BCUT2D eigenvalue weighted by Gasteiger charge is -2.22. The number of hydrogen-bond acceptors (Lipinski definition) is 3. The minimum Gasteiger partial charge on any atom is -0.808 e. The second-order valence-corrected chi connectivity index (χ2v) is 6.68. The SMILES string of the molecule is [O-]B(Oc1ccccc1)Oc1cccc2ccc3cc4ccccc4cc3c12.[PH4+]. The molecule has 142 valence electrons. The molecule has 0 fully saturated rings. The highest BCUT2D eigenvalue weighted by Crippen LogP contribution is 2.35. The van der Waals surface area contributed by atoms with Gasteiger partial charge in [0.05, 0.1) is 0 Å². The van der Waals surface area contributed by atoms with Gasteiger partial charge in [-0.05, 0) is 67.2 Å². The Balaban J connectivity index is 0.00000205. The van der Waals surface area contributed by atoms with Crippen LogP contribution in [0.3, 0.4) is 0 Å². The van der Waals surface area contributed by atoms with Crippen LogP contribution in [0.5, 0.6) is 11.5 Å². The van der Waals surface area contributed by atoms with E-state index in [1.807, 2.05) is 48.5 Å². The van der Waals surface area contributed by atoms with Crippen LogP contribution in [0.15, 0.2) is 97.1 Å². The summed E-state index contributed by atoms with van der Waals surface area (Å²) in [5, 5.41) is 18.8. The van der Waals surface area contributed by atoms with E-state index in [1.165, 1.54) is 5.39 Å². The third-order valence-electron chi connectivity index (χ3n) is 4.89. The van der Waals surface area contributed by atoms with Crippen LogP contribution >= 0.6 is 9.90 Å². The Morgan fingerprint density at radius 1 is 0.586 bits per heavy atom. The van der Waals surface area contributed by atoms with Crippen molar-refractivity contribution in [1.82, 2.24) is 0 Å². The molecule has 0 bridgehead atoms. The van der Waals surface area contributed by atoms with E-state index in [0.717, 1.165) is 26.9 Å². The van der Waals surface area contributed by atoms with Crippen LogP contribution in [0.1, 0.15) is 0 Å². The lowest BCUT2D eigenvalue weighted by Crippen LogP contribution is -2.43. The number of rotatable bonds is 4. The van der Waals surface area contributed by atoms with E-state index in [2.05, 4.69) is 36.4 Å². The van der Waals surface area contributed by atoms with Crippen LogP contribution in [0.4, 0.5) is 0 Å². The number of para-hydroxylation sites is 1. The van der Waals surface area contributed by atoms with E-state index in [1.54, 1.807) is 12.1 Å². The Morgan fingerprint density at radius 3 is 2.03 bits per heavy atom. The summed E-state index contributed by atoms with van der Waals surface area (Å²) in [5.74, 6) is 1.01. The van der Waals surface area contributed by atoms with Crippen molar-refractivity contribution in [2.75, 3.05) is 0 Å². The van der Waals surface area contributed by atoms with Crippen molar-refractivity contribution < 1.29 is 14.3 Å². The van der Waals surface area contributed by atoms with Gasteiger partial charge in [0.1, 0.15) is 11.5 Å². The first kappa shape index (κ1) is 19.3. The molecule has 0 aliphatic rings. The van der Waals surface area contributed by atoms with Crippen LogP contribution in [0, 0.1) is 0 Å². The maximum absolute atomic E-state index is 12.4. The summed E-state index contributed by atoms with van der Waals surface area (Å²) >= 11 is 0. The molecular weight excluding hydrogens is 378 g/mol. The van der Waals surface area contributed by atoms with E-state index in [9.17, 15) is 5.02 Å². The molecule has 1 atom stereocenters. The number of hydrogen-bond donors (Lipinski definition) is 0. The van der Waals surface area contributed by atoms with E-state index in [4.69, 9.17) is 9.31 Å². The molecule has 0 amide bonds. The van der Waals surface area contributed by atoms with Crippen molar-refractivity contribution in [1.29, 1.82) is 0 Å². The molecule has 5 aromatic carbocycles. The van der Waals surface area contributed by atoms with E-state index >= 15 is 0 Å². The van der Waals surface area contributed by atoms with Crippen LogP contribution in [-0.2, 0) is 0 Å². The molecule has 5 heteroatoms. The maximum Gasteiger partial charge on any atom is 0.492 e. The van der Waals surface area contributed by atoms with Crippen molar-refractivity contribution in [2.45, 2.75) is 0 Å². The van der Waals surface area contributed by atoms with Crippen molar-refractivity contribution in [3.05, 3.63) is 97.1 Å². The summed E-state index contributed by atoms with van der Waals surface area (Å²) in [4.78, 5) is 0. The van der Waals surface area contributed by atoms with Crippen molar-refractivity contribution in [2.24, 2.45) is 0 Å². The predicted octanol–water partition coefficient (Wildman–Crippen LogP) is 4.74. The van der Waals surface area contributed by atoms with E-state index < -0.39 is 7.32 Å². The molecule has 0 aliphatic carbocycles. The minimum atomic E-state index is -1.65. The zero-order valence-corrected chi connectivity index (χ0v) is 18.0. The third kappa shape index (κ3) is 3.78. The predicted molar refractivity (Wildman–Crippen MR) is 125 cm³/mol. The molecule has 29 heavy (non-hydrogen) atoms. The molecule has 0 saturated heterocycles. The Morgan fingerprint density at radius 2 is 1.24 bits per heavy atom. The van der Waals surface area contributed by atoms with Gasteiger partial charge in [-0.3, -0.25) is 0 Å². The lowest BCUT2D eigenvalue weighted by molar-refractivity contribution is -0.235. The Bertz CT molecular complexity index is 1290. The number of benzene rings is 5. The summed E-state index contributed by atoms with van der Waals surface area (Å²) in [6, 6.07) is 31.4.